The number of rotatable bonds is 0. The first kappa shape index (κ1) is 8.98. The third-order valence-electron chi connectivity index (χ3n) is 3.08. The second kappa shape index (κ2) is 3.65. The third kappa shape index (κ3) is 1.84. The maximum Gasteiger partial charge on any atom is 0.0738 e. The number of hydrogen-bond donors (Lipinski definition) is 0. The molecule has 0 saturated carbocycles. The summed E-state index contributed by atoms with van der Waals surface area (Å²) < 4.78 is 11.1. The van der Waals surface area contributed by atoms with Crippen molar-refractivity contribution in [3.8, 4) is 6.07 Å². The molecule has 13 heavy (non-hydrogen) atoms. The monoisotopic (exact) mass is 181 g/mol. The van der Waals surface area contributed by atoms with Gasteiger partial charge >= 0.3 is 0 Å². The predicted octanol–water partition coefficient (Wildman–Crippen LogP) is 1.49. The maximum absolute atomic E-state index is 8.87. The SMILES string of the molecule is N#CC1CCOC2(CCOCC2)C1. The first-order chi connectivity index (χ1) is 6.35. The van der Waals surface area contributed by atoms with Crippen molar-refractivity contribution in [1.82, 2.24) is 0 Å². The van der Waals surface area contributed by atoms with Crippen LogP contribution in [0.1, 0.15) is 25.7 Å². The van der Waals surface area contributed by atoms with Crippen molar-refractivity contribution in [3.63, 3.8) is 0 Å². The van der Waals surface area contributed by atoms with Gasteiger partial charge in [-0.3, -0.25) is 0 Å². The van der Waals surface area contributed by atoms with Crippen molar-refractivity contribution < 1.29 is 9.47 Å². The van der Waals surface area contributed by atoms with Gasteiger partial charge in [-0.2, -0.15) is 5.26 Å². The summed E-state index contributed by atoms with van der Waals surface area (Å²) in [5.74, 6) is 0.201. The van der Waals surface area contributed by atoms with Gasteiger partial charge in [0, 0.05) is 19.8 Å². The Kier molecular flexibility index (Phi) is 2.52. The van der Waals surface area contributed by atoms with E-state index in [1.165, 1.54) is 0 Å². The molecule has 2 saturated heterocycles. The summed E-state index contributed by atoms with van der Waals surface area (Å²) in [5.41, 5.74) is -0.0170. The lowest BCUT2D eigenvalue weighted by atomic mass is 9.81. The summed E-state index contributed by atoms with van der Waals surface area (Å²) in [5, 5.41) is 8.87. The minimum Gasteiger partial charge on any atom is -0.381 e. The standard InChI is InChI=1S/C10H15NO2/c11-8-9-1-4-13-10(7-9)2-5-12-6-3-10/h9H,1-7H2. The summed E-state index contributed by atoms with van der Waals surface area (Å²) in [6.07, 6.45) is 3.74. The lowest BCUT2D eigenvalue weighted by Gasteiger charge is -2.41. The molecule has 2 aliphatic rings. The number of ether oxygens (including phenoxy) is 2. The van der Waals surface area contributed by atoms with Crippen LogP contribution < -0.4 is 0 Å². The van der Waals surface area contributed by atoms with E-state index in [9.17, 15) is 0 Å². The second-order valence-corrected chi connectivity index (χ2v) is 3.96. The first-order valence-corrected chi connectivity index (χ1v) is 4.96. The molecule has 3 heteroatoms. The summed E-state index contributed by atoms with van der Waals surface area (Å²) in [4.78, 5) is 0. The van der Waals surface area contributed by atoms with Crippen molar-refractivity contribution in [2.45, 2.75) is 31.3 Å². The molecule has 0 aromatic heterocycles. The molecule has 0 aromatic carbocycles. The molecule has 3 nitrogen and oxygen atoms in total. The van der Waals surface area contributed by atoms with Gasteiger partial charge < -0.3 is 9.47 Å². The van der Waals surface area contributed by atoms with Gasteiger partial charge in [-0.1, -0.05) is 0 Å². The van der Waals surface area contributed by atoms with E-state index in [2.05, 4.69) is 6.07 Å². The summed E-state index contributed by atoms with van der Waals surface area (Å²) >= 11 is 0. The van der Waals surface area contributed by atoms with Crippen LogP contribution in [0.25, 0.3) is 0 Å². The molecule has 2 aliphatic heterocycles. The highest BCUT2D eigenvalue weighted by Gasteiger charge is 2.38. The predicted molar refractivity (Wildman–Crippen MR) is 47.1 cm³/mol. The van der Waals surface area contributed by atoms with Gasteiger partial charge in [0.05, 0.1) is 17.6 Å². The maximum atomic E-state index is 8.87. The van der Waals surface area contributed by atoms with Crippen molar-refractivity contribution in [3.05, 3.63) is 0 Å². The van der Waals surface area contributed by atoms with Gasteiger partial charge in [-0.05, 0) is 25.7 Å². The van der Waals surface area contributed by atoms with Gasteiger partial charge in [0.25, 0.3) is 0 Å². The highest BCUT2D eigenvalue weighted by Crippen LogP contribution is 2.36. The molecular weight excluding hydrogens is 166 g/mol. The molecule has 0 aliphatic carbocycles. The van der Waals surface area contributed by atoms with Crippen LogP contribution in [0.3, 0.4) is 0 Å². The molecule has 0 N–H and O–H groups in total. The summed E-state index contributed by atoms with van der Waals surface area (Å²) in [6, 6.07) is 2.35. The Hall–Kier alpha value is -0.590. The van der Waals surface area contributed by atoms with Crippen LogP contribution in [-0.4, -0.2) is 25.4 Å². The van der Waals surface area contributed by atoms with E-state index in [1.54, 1.807) is 0 Å². The van der Waals surface area contributed by atoms with Crippen LogP contribution in [0.4, 0.5) is 0 Å². The van der Waals surface area contributed by atoms with Crippen LogP contribution in [0.15, 0.2) is 0 Å². The second-order valence-electron chi connectivity index (χ2n) is 3.96. The summed E-state index contributed by atoms with van der Waals surface area (Å²) in [6.45, 7) is 2.33. The van der Waals surface area contributed by atoms with Gasteiger partial charge in [-0.15, -0.1) is 0 Å². The van der Waals surface area contributed by atoms with Crippen LogP contribution in [0.5, 0.6) is 0 Å². The molecular formula is C10H15NO2. The minimum atomic E-state index is -0.0170. The van der Waals surface area contributed by atoms with Crippen LogP contribution in [0, 0.1) is 17.2 Å². The number of nitrogens with zero attached hydrogens (tertiary/aromatic N) is 1. The van der Waals surface area contributed by atoms with Crippen LogP contribution >= 0.6 is 0 Å². The van der Waals surface area contributed by atoms with Gasteiger partial charge in [0.2, 0.25) is 0 Å². The number of nitriles is 1. The Morgan fingerprint density at radius 3 is 2.69 bits per heavy atom. The molecule has 72 valence electrons. The Morgan fingerprint density at radius 1 is 1.23 bits per heavy atom. The van der Waals surface area contributed by atoms with E-state index < -0.39 is 0 Å². The molecule has 2 heterocycles. The fourth-order valence-corrected chi connectivity index (χ4v) is 2.23. The first-order valence-electron chi connectivity index (χ1n) is 4.96. The molecule has 0 amide bonds. The Bertz CT molecular complexity index is 210. The average molecular weight is 181 g/mol. The molecule has 1 spiro atoms. The minimum absolute atomic E-state index is 0.0170. The third-order valence-corrected chi connectivity index (χ3v) is 3.08. The van der Waals surface area contributed by atoms with Crippen molar-refractivity contribution >= 4 is 0 Å². The fourth-order valence-electron chi connectivity index (χ4n) is 2.23. The van der Waals surface area contributed by atoms with Gasteiger partial charge in [-0.25, -0.2) is 0 Å². The van der Waals surface area contributed by atoms with E-state index in [1.807, 2.05) is 0 Å². The molecule has 0 aromatic rings. The van der Waals surface area contributed by atoms with Crippen LogP contribution in [0.2, 0.25) is 0 Å². The fraction of sp³-hybridized carbons (Fsp3) is 0.900. The van der Waals surface area contributed by atoms with E-state index >= 15 is 0 Å². The Balaban J connectivity index is 2.00. The smallest absolute Gasteiger partial charge is 0.0738 e. The topological polar surface area (TPSA) is 42.2 Å². The normalized spacial score (nSPS) is 32.7. The average Bonchev–Trinajstić information content (AvgIpc) is 2.19. The van der Waals surface area contributed by atoms with E-state index in [4.69, 9.17) is 14.7 Å². The van der Waals surface area contributed by atoms with E-state index in [0.29, 0.717) is 0 Å². The van der Waals surface area contributed by atoms with Crippen molar-refractivity contribution in [1.29, 1.82) is 5.26 Å². The largest absolute Gasteiger partial charge is 0.381 e. The lowest BCUT2D eigenvalue weighted by Crippen LogP contribution is -2.44. The van der Waals surface area contributed by atoms with Gasteiger partial charge in [0.1, 0.15) is 0 Å². The van der Waals surface area contributed by atoms with E-state index in [-0.39, 0.29) is 11.5 Å². The zero-order valence-corrected chi connectivity index (χ0v) is 7.79. The highest BCUT2D eigenvalue weighted by atomic mass is 16.5. The highest BCUT2D eigenvalue weighted by molar-refractivity contribution is 4.95. The number of hydrogen-bond acceptors (Lipinski definition) is 3. The Labute approximate surface area is 78.6 Å². The summed E-state index contributed by atoms with van der Waals surface area (Å²) in [7, 11) is 0. The molecule has 0 radical (unpaired) electrons. The van der Waals surface area contributed by atoms with Crippen molar-refractivity contribution in [2.24, 2.45) is 5.92 Å². The Morgan fingerprint density at radius 2 is 2.00 bits per heavy atom. The van der Waals surface area contributed by atoms with E-state index in [0.717, 1.165) is 45.5 Å². The van der Waals surface area contributed by atoms with Gasteiger partial charge in [0.15, 0.2) is 0 Å². The zero-order chi connectivity index (χ0) is 9.15. The molecule has 0 bridgehead atoms. The molecule has 1 atom stereocenters. The zero-order valence-electron chi connectivity index (χ0n) is 7.79. The molecule has 2 fully saturated rings. The molecule has 2 rings (SSSR count). The van der Waals surface area contributed by atoms with Crippen molar-refractivity contribution in [2.75, 3.05) is 19.8 Å². The quantitative estimate of drug-likeness (QED) is 0.568. The molecule has 1 unspecified atom stereocenters. The van der Waals surface area contributed by atoms with Crippen LogP contribution in [-0.2, 0) is 9.47 Å². The lowest BCUT2D eigenvalue weighted by molar-refractivity contribution is -0.141.